The van der Waals surface area contributed by atoms with Crippen molar-refractivity contribution in [3.8, 4) is 5.69 Å². The number of hydrogen-bond donors (Lipinski definition) is 1. The number of halogens is 2. The molecule has 0 unspecified atom stereocenters. The highest BCUT2D eigenvalue weighted by Crippen LogP contribution is 2.33. The number of benzene rings is 2. The largest absolute Gasteiger partial charge is 0.364 e. The fourth-order valence-electron chi connectivity index (χ4n) is 4.67. The van der Waals surface area contributed by atoms with E-state index in [1.165, 1.54) is 4.90 Å². The molecule has 5 rings (SSSR count). The van der Waals surface area contributed by atoms with Crippen LogP contribution in [-0.4, -0.2) is 40.6 Å². The van der Waals surface area contributed by atoms with Crippen LogP contribution in [0, 0.1) is 18.6 Å². The molecular weight excluding hydrogens is 444 g/mol. The lowest BCUT2D eigenvalue weighted by Gasteiger charge is -2.29. The van der Waals surface area contributed by atoms with Crippen LogP contribution in [0.2, 0.25) is 0 Å². The van der Waals surface area contributed by atoms with Crippen LogP contribution in [0.1, 0.15) is 44.9 Å². The third-order valence-electron chi connectivity index (χ3n) is 6.20. The molecule has 3 amide bonds. The normalized spacial score (nSPS) is 15.7. The molecule has 10 heteroatoms. The number of anilines is 2. The van der Waals surface area contributed by atoms with Crippen LogP contribution < -0.4 is 15.5 Å². The minimum atomic E-state index is -0.845. The van der Waals surface area contributed by atoms with Crippen molar-refractivity contribution in [2.45, 2.75) is 26.2 Å². The molecule has 2 aliphatic heterocycles. The second kappa shape index (κ2) is 8.05. The second-order valence-corrected chi connectivity index (χ2v) is 8.41. The number of aromatic nitrogens is 2. The summed E-state index contributed by atoms with van der Waals surface area (Å²) in [7, 11) is 0. The number of rotatable bonds is 4. The fourth-order valence-corrected chi connectivity index (χ4v) is 4.67. The number of nitrogens with two attached hydrogens (primary N) is 1. The minimum absolute atomic E-state index is 0.0292. The number of fused-ring (bicyclic) bond motifs is 1. The molecule has 1 saturated heterocycles. The summed E-state index contributed by atoms with van der Waals surface area (Å²) in [5.74, 6) is -2.93. The van der Waals surface area contributed by atoms with E-state index in [0.29, 0.717) is 30.3 Å². The van der Waals surface area contributed by atoms with Crippen molar-refractivity contribution in [3.05, 3.63) is 70.5 Å². The van der Waals surface area contributed by atoms with Crippen molar-refractivity contribution >= 4 is 29.1 Å². The molecule has 0 bridgehead atoms. The van der Waals surface area contributed by atoms with Gasteiger partial charge in [-0.05, 0) is 55.7 Å². The van der Waals surface area contributed by atoms with E-state index in [0.717, 1.165) is 34.5 Å². The number of nitrogens with zero attached hydrogens (tertiary/aromatic N) is 4. The molecule has 2 aliphatic rings. The molecule has 0 aliphatic carbocycles. The summed E-state index contributed by atoms with van der Waals surface area (Å²) < 4.78 is 28.9. The molecule has 2 N–H and O–H groups in total. The first kappa shape index (κ1) is 21.7. The lowest BCUT2D eigenvalue weighted by atomic mass is 10.0. The summed E-state index contributed by atoms with van der Waals surface area (Å²) >= 11 is 0. The van der Waals surface area contributed by atoms with E-state index in [-0.39, 0.29) is 35.9 Å². The van der Waals surface area contributed by atoms with Gasteiger partial charge in [0.15, 0.2) is 5.69 Å². The van der Waals surface area contributed by atoms with Crippen molar-refractivity contribution in [2.24, 2.45) is 5.73 Å². The Bertz CT molecular complexity index is 1350. The summed E-state index contributed by atoms with van der Waals surface area (Å²) in [6, 6.07) is 8.15. The van der Waals surface area contributed by atoms with E-state index in [9.17, 15) is 23.2 Å². The molecule has 3 aromatic rings. The van der Waals surface area contributed by atoms with Gasteiger partial charge in [-0.2, -0.15) is 5.10 Å². The molecule has 1 fully saturated rings. The maximum atomic E-state index is 13.9. The maximum absolute atomic E-state index is 13.9. The Morgan fingerprint density at radius 3 is 2.32 bits per heavy atom. The second-order valence-electron chi connectivity index (χ2n) is 8.41. The van der Waals surface area contributed by atoms with Crippen molar-refractivity contribution in [2.75, 3.05) is 22.9 Å². The van der Waals surface area contributed by atoms with Crippen LogP contribution in [0.15, 0.2) is 36.4 Å². The van der Waals surface area contributed by atoms with Crippen molar-refractivity contribution in [3.63, 3.8) is 0 Å². The van der Waals surface area contributed by atoms with Gasteiger partial charge < -0.3 is 15.5 Å². The maximum Gasteiger partial charge on any atom is 0.277 e. The Morgan fingerprint density at radius 1 is 0.971 bits per heavy atom. The number of carbonyl (C=O) groups excluding carboxylic acids is 3. The first-order valence-electron chi connectivity index (χ1n) is 10.9. The van der Waals surface area contributed by atoms with Crippen LogP contribution >= 0.6 is 0 Å². The number of aryl methyl sites for hydroxylation is 1. The molecule has 8 nitrogen and oxygen atoms in total. The van der Waals surface area contributed by atoms with E-state index >= 15 is 0 Å². The quantitative estimate of drug-likeness (QED) is 0.640. The van der Waals surface area contributed by atoms with Gasteiger partial charge in [-0.3, -0.25) is 14.4 Å². The smallest absolute Gasteiger partial charge is 0.277 e. The molecule has 0 saturated carbocycles. The SMILES string of the molecule is Cc1cc(N2CCc3c(C(N)=O)nn(-c4cc(F)cc(F)c4)c3C2=O)ccc1N1CCCC1=O. The van der Waals surface area contributed by atoms with Crippen LogP contribution in [0.3, 0.4) is 0 Å². The number of primary amides is 1. The Morgan fingerprint density at radius 2 is 1.71 bits per heavy atom. The van der Waals surface area contributed by atoms with Crippen molar-refractivity contribution in [1.82, 2.24) is 9.78 Å². The van der Waals surface area contributed by atoms with Gasteiger partial charge in [0, 0.05) is 42.5 Å². The zero-order valence-corrected chi connectivity index (χ0v) is 18.3. The predicted octanol–water partition coefficient (Wildman–Crippen LogP) is 2.89. The van der Waals surface area contributed by atoms with Crippen LogP contribution in [0.25, 0.3) is 5.69 Å². The average molecular weight is 465 g/mol. The van der Waals surface area contributed by atoms with E-state index in [1.807, 2.05) is 19.1 Å². The van der Waals surface area contributed by atoms with Gasteiger partial charge in [-0.25, -0.2) is 13.5 Å². The predicted molar refractivity (Wildman–Crippen MR) is 120 cm³/mol. The van der Waals surface area contributed by atoms with E-state index in [4.69, 9.17) is 5.73 Å². The Balaban J connectivity index is 1.57. The molecule has 0 spiro atoms. The first-order valence-corrected chi connectivity index (χ1v) is 10.9. The average Bonchev–Trinajstić information content (AvgIpc) is 3.37. The summed E-state index contributed by atoms with van der Waals surface area (Å²) in [5.41, 5.74) is 7.94. The third-order valence-corrected chi connectivity index (χ3v) is 6.20. The fraction of sp³-hybridized carbons (Fsp3) is 0.250. The summed E-state index contributed by atoms with van der Waals surface area (Å²) in [4.78, 5) is 41.0. The molecule has 34 heavy (non-hydrogen) atoms. The summed E-state index contributed by atoms with van der Waals surface area (Å²) in [6.45, 7) is 2.79. The number of amides is 3. The van der Waals surface area contributed by atoms with Gasteiger partial charge in [-0.1, -0.05) is 0 Å². The van der Waals surface area contributed by atoms with Crippen molar-refractivity contribution in [1.29, 1.82) is 0 Å². The standard InChI is InChI=1S/C24H21F2N5O3/c1-13-9-16(4-5-19(13)30-7-2-3-20(30)32)29-8-6-18-21(23(27)33)28-31(22(18)24(29)34)17-11-14(25)10-15(26)12-17/h4-5,9-12H,2-3,6-8H2,1H3,(H2,27,33). The molecular formula is C24H21F2N5O3. The Kier molecular flexibility index (Phi) is 5.15. The van der Waals surface area contributed by atoms with Gasteiger partial charge in [0.1, 0.15) is 17.3 Å². The zero-order valence-electron chi connectivity index (χ0n) is 18.3. The summed E-state index contributed by atoms with van der Waals surface area (Å²) in [5, 5.41) is 4.13. The summed E-state index contributed by atoms with van der Waals surface area (Å²) in [6.07, 6.45) is 1.60. The third kappa shape index (κ3) is 3.51. The zero-order chi connectivity index (χ0) is 24.1. The molecule has 2 aromatic carbocycles. The molecule has 0 radical (unpaired) electrons. The van der Waals surface area contributed by atoms with Crippen molar-refractivity contribution < 1.29 is 23.2 Å². The lowest BCUT2D eigenvalue weighted by Crippen LogP contribution is -2.39. The highest BCUT2D eigenvalue weighted by Gasteiger charge is 2.35. The van der Waals surface area contributed by atoms with Crippen LogP contribution in [0.5, 0.6) is 0 Å². The monoisotopic (exact) mass is 465 g/mol. The van der Waals surface area contributed by atoms with Gasteiger partial charge in [-0.15, -0.1) is 0 Å². The number of hydrogen-bond acceptors (Lipinski definition) is 4. The molecule has 0 atom stereocenters. The minimum Gasteiger partial charge on any atom is -0.364 e. The first-order chi connectivity index (χ1) is 16.2. The van der Waals surface area contributed by atoms with Gasteiger partial charge >= 0.3 is 0 Å². The number of carbonyl (C=O) groups is 3. The molecule has 3 heterocycles. The Labute approximate surface area is 193 Å². The topological polar surface area (TPSA) is 102 Å². The Hall–Kier alpha value is -4.08. The van der Waals surface area contributed by atoms with E-state index in [1.54, 1.807) is 11.0 Å². The molecule has 174 valence electrons. The van der Waals surface area contributed by atoms with Gasteiger partial charge in [0.25, 0.3) is 11.8 Å². The van der Waals surface area contributed by atoms with Gasteiger partial charge in [0.05, 0.1) is 5.69 Å². The van der Waals surface area contributed by atoms with Crippen LogP contribution in [0.4, 0.5) is 20.2 Å². The highest BCUT2D eigenvalue weighted by molar-refractivity contribution is 6.09. The van der Waals surface area contributed by atoms with Crippen LogP contribution in [-0.2, 0) is 11.2 Å². The van der Waals surface area contributed by atoms with Gasteiger partial charge in [0.2, 0.25) is 5.91 Å². The molecule has 1 aromatic heterocycles. The van der Waals surface area contributed by atoms with E-state index < -0.39 is 23.4 Å². The lowest BCUT2D eigenvalue weighted by molar-refractivity contribution is -0.117. The van der Waals surface area contributed by atoms with E-state index in [2.05, 4.69) is 5.10 Å². The highest BCUT2D eigenvalue weighted by atomic mass is 19.1.